The molecule has 0 saturated heterocycles. The SMILES string of the molecule is COC(=O)/C(=C\c1ccc(C#N)cc1OC[C@@H](CCC(=O)OCc1ccccc1)NC(=O)c1cccc(I)c1)NC(C)=O. The molecule has 222 valence electrons. The number of methoxy groups -OCH3 is 1. The fourth-order valence-electron chi connectivity index (χ4n) is 3.84. The van der Waals surface area contributed by atoms with E-state index in [1.807, 2.05) is 42.5 Å². The lowest BCUT2D eigenvalue weighted by molar-refractivity contribution is -0.145. The average Bonchev–Trinajstić information content (AvgIpc) is 3.01. The minimum absolute atomic E-state index is 0.00742. The van der Waals surface area contributed by atoms with Crippen LogP contribution in [0.3, 0.4) is 0 Å². The van der Waals surface area contributed by atoms with Gasteiger partial charge in [0.2, 0.25) is 5.91 Å². The summed E-state index contributed by atoms with van der Waals surface area (Å²) >= 11 is 2.11. The second-order valence-corrected chi connectivity index (χ2v) is 10.5. The number of hydrogen-bond acceptors (Lipinski definition) is 8. The van der Waals surface area contributed by atoms with E-state index in [0.29, 0.717) is 11.1 Å². The molecule has 3 aromatic rings. The molecular weight excluding hydrogens is 665 g/mol. The monoisotopic (exact) mass is 695 g/mol. The third-order valence-electron chi connectivity index (χ3n) is 5.96. The molecule has 0 saturated carbocycles. The number of benzene rings is 3. The lowest BCUT2D eigenvalue weighted by Gasteiger charge is -2.20. The molecule has 3 rings (SSSR count). The van der Waals surface area contributed by atoms with Crippen molar-refractivity contribution in [2.24, 2.45) is 0 Å². The van der Waals surface area contributed by atoms with E-state index in [1.54, 1.807) is 24.3 Å². The molecule has 0 aromatic heterocycles. The Balaban J connectivity index is 1.81. The number of esters is 2. The van der Waals surface area contributed by atoms with Crippen LogP contribution in [-0.2, 0) is 30.5 Å². The molecule has 43 heavy (non-hydrogen) atoms. The van der Waals surface area contributed by atoms with Crippen LogP contribution in [0.5, 0.6) is 5.75 Å². The Morgan fingerprint density at radius 3 is 2.47 bits per heavy atom. The number of nitriles is 1. The Hall–Kier alpha value is -4.70. The fourth-order valence-corrected chi connectivity index (χ4v) is 4.38. The van der Waals surface area contributed by atoms with Gasteiger partial charge in [0.1, 0.15) is 24.7 Å². The van der Waals surface area contributed by atoms with Gasteiger partial charge in [0, 0.05) is 28.0 Å². The zero-order chi connectivity index (χ0) is 31.2. The molecule has 0 heterocycles. The van der Waals surface area contributed by atoms with Gasteiger partial charge >= 0.3 is 11.9 Å². The van der Waals surface area contributed by atoms with Gasteiger partial charge in [-0.25, -0.2) is 4.79 Å². The fraction of sp³-hybridized carbons (Fsp3) is 0.219. The summed E-state index contributed by atoms with van der Waals surface area (Å²) in [5.41, 5.74) is 1.82. The van der Waals surface area contributed by atoms with Crippen molar-refractivity contribution in [2.75, 3.05) is 13.7 Å². The van der Waals surface area contributed by atoms with Gasteiger partial charge in [-0.1, -0.05) is 36.4 Å². The van der Waals surface area contributed by atoms with E-state index in [2.05, 4.69) is 33.2 Å². The van der Waals surface area contributed by atoms with Crippen LogP contribution in [-0.4, -0.2) is 43.5 Å². The summed E-state index contributed by atoms with van der Waals surface area (Å²) in [6.45, 7) is 1.30. The lowest BCUT2D eigenvalue weighted by atomic mass is 10.1. The van der Waals surface area contributed by atoms with E-state index < -0.39 is 23.9 Å². The molecule has 10 nitrogen and oxygen atoms in total. The van der Waals surface area contributed by atoms with Gasteiger partial charge < -0.3 is 24.8 Å². The standard InChI is InChI=1S/C32H30IN3O7/c1-21(37)35-28(32(40)41-2)17-24-12-11-23(18-34)15-29(24)42-20-27(36-31(39)25-9-6-10-26(33)16-25)13-14-30(38)43-19-22-7-4-3-5-8-22/h3-12,15-17,27H,13-14,19-20H2,1-2H3,(H,35,37)(H,36,39)/b28-17+/t27-/m1/s1. The predicted molar refractivity (Wildman–Crippen MR) is 166 cm³/mol. The number of nitrogens with one attached hydrogen (secondary N) is 2. The molecule has 3 aromatic carbocycles. The van der Waals surface area contributed by atoms with Gasteiger partial charge in [-0.15, -0.1) is 0 Å². The molecule has 0 radical (unpaired) electrons. The molecule has 2 N–H and O–H groups in total. The van der Waals surface area contributed by atoms with E-state index in [9.17, 15) is 24.4 Å². The summed E-state index contributed by atoms with van der Waals surface area (Å²) < 4.78 is 17.1. The number of hydrogen-bond donors (Lipinski definition) is 2. The maximum absolute atomic E-state index is 13.1. The highest BCUT2D eigenvalue weighted by Gasteiger charge is 2.19. The van der Waals surface area contributed by atoms with Crippen LogP contribution in [0.2, 0.25) is 0 Å². The molecule has 0 aliphatic rings. The van der Waals surface area contributed by atoms with E-state index in [-0.39, 0.29) is 49.0 Å². The first-order chi connectivity index (χ1) is 20.7. The maximum Gasteiger partial charge on any atom is 0.354 e. The Labute approximate surface area is 263 Å². The molecule has 1 atom stereocenters. The van der Waals surface area contributed by atoms with Crippen molar-refractivity contribution in [3.05, 3.63) is 104 Å². The topological polar surface area (TPSA) is 144 Å². The average molecular weight is 696 g/mol. The first kappa shape index (κ1) is 32.8. The summed E-state index contributed by atoms with van der Waals surface area (Å²) in [5.74, 6) is -1.84. The van der Waals surface area contributed by atoms with E-state index in [1.165, 1.54) is 32.2 Å². The highest BCUT2D eigenvalue weighted by Crippen LogP contribution is 2.24. The number of halogens is 1. The number of carbonyl (C=O) groups is 4. The minimum atomic E-state index is -0.776. The lowest BCUT2D eigenvalue weighted by Crippen LogP contribution is -2.39. The largest absolute Gasteiger partial charge is 0.491 e. The van der Waals surface area contributed by atoms with Gasteiger partial charge in [0.05, 0.1) is 24.8 Å². The normalized spacial score (nSPS) is 11.4. The van der Waals surface area contributed by atoms with Crippen molar-refractivity contribution in [1.82, 2.24) is 10.6 Å². The summed E-state index contributed by atoms with van der Waals surface area (Å²) in [6.07, 6.45) is 1.57. The summed E-state index contributed by atoms with van der Waals surface area (Å²) in [5, 5.41) is 14.8. The molecule has 0 unspecified atom stereocenters. The first-order valence-corrected chi connectivity index (χ1v) is 14.3. The van der Waals surface area contributed by atoms with Crippen molar-refractivity contribution in [3.63, 3.8) is 0 Å². The quantitative estimate of drug-likeness (QED) is 0.151. The summed E-state index contributed by atoms with van der Waals surface area (Å²) in [4.78, 5) is 49.5. The zero-order valence-electron chi connectivity index (χ0n) is 23.6. The highest BCUT2D eigenvalue weighted by atomic mass is 127. The van der Waals surface area contributed by atoms with E-state index in [0.717, 1.165) is 9.13 Å². The zero-order valence-corrected chi connectivity index (χ0v) is 25.8. The van der Waals surface area contributed by atoms with Crippen molar-refractivity contribution in [2.45, 2.75) is 32.4 Å². The third kappa shape index (κ3) is 10.9. The number of rotatable bonds is 13. The van der Waals surface area contributed by atoms with Crippen LogP contribution in [0.25, 0.3) is 6.08 Å². The molecule has 2 amide bonds. The molecule has 0 fully saturated rings. The van der Waals surface area contributed by atoms with Crippen LogP contribution >= 0.6 is 22.6 Å². The second kappa shape index (κ2) is 16.7. The molecule has 0 aliphatic heterocycles. The number of carbonyl (C=O) groups excluding carboxylic acids is 4. The third-order valence-corrected chi connectivity index (χ3v) is 6.63. The van der Waals surface area contributed by atoms with Crippen molar-refractivity contribution in [1.29, 1.82) is 5.26 Å². The van der Waals surface area contributed by atoms with Gasteiger partial charge in [0.15, 0.2) is 0 Å². The summed E-state index contributed by atoms with van der Waals surface area (Å²) in [6, 6.07) is 22.3. The summed E-state index contributed by atoms with van der Waals surface area (Å²) in [7, 11) is 1.18. The Morgan fingerprint density at radius 1 is 1.02 bits per heavy atom. The number of nitrogens with zero attached hydrogens (tertiary/aromatic N) is 1. The predicted octanol–water partition coefficient (Wildman–Crippen LogP) is 4.51. The van der Waals surface area contributed by atoms with Crippen LogP contribution in [0.15, 0.2) is 78.5 Å². The molecule has 0 spiro atoms. The molecule has 0 bridgehead atoms. The first-order valence-electron chi connectivity index (χ1n) is 13.2. The Kier molecular flexibility index (Phi) is 12.7. The number of amides is 2. The van der Waals surface area contributed by atoms with Crippen molar-refractivity contribution in [3.8, 4) is 11.8 Å². The van der Waals surface area contributed by atoms with Crippen LogP contribution in [0.1, 0.15) is 46.8 Å². The second-order valence-electron chi connectivity index (χ2n) is 9.27. The maximum atomic E-state index is 13.1. The van der Waals surface area contributed by atoms with Crippen LogP contribution in [0.4, 0.5) is 0 Å². The van der Waals surface area contributed by atoms with Gasteiger partial charge in [-0.2, -0.15) is 5.26 Å². The minimum Gasteiger partial charge on any atom is -0.491 e. The number of ether oxygens (including phenoxy) is 3. The Morgan fingerprint density at radius 2 is 1.79 bits per heavy atom. The Bertz CT molecular complexity index is 1530. The van der Waals surface area contributed by atoms with Gasteiger partial charge in [-0.05, 0) is 77.0 Å². The molecule has 0 aliphatic carbocycles. The molecular formula is C32H30IN3O7. The molecule has 11 heteroatoms. The highest BCUT2D eigenvalue weighted by molar-refractivity contribution is 14.1. The van der Waals surface area contributed by atoms with Gasteiger partial charge in [0.25, 0.3) is 5.91 Å². The van der Waals surface area contributed by atoms with E-state index >= 15 is 0 Å². The van der Waals surface area contributed by atoms with E-state index in [4.69, 9.17) is 14.2 Å². The van der Waals surface area contributed by atoms with Crippen LogP contribution in [0, 0.1) is 14.9 Å². The van der Waals surface area contributed by atoms with Gasteiger partial charge in [-0.3, -0.25) is 14.4 Å². The van der Waals surface area contributed by atoms with Crippen molar-refractivity contribution < 1.29 is 33.4 Å². The van der Waals surface area contributed by atoms with Crippen LogP contribution < -0.4 is 15.4 Å². The smallest absolute Gasteiger partial charge is 0.354 e. The van der Waals surface area contributed by atoms with Crippen molar-refractivity contribution >= 4 is 52.4 Å².